The van der Waals surface area contributed by atoms with Crippen molar-refractivity contribution in [2.45, 2.75) is 13.3 Å². The van der Waals surface area contributed by atoms with Crippen LogP contribution in [0.25, 0.3) is 16.6 Å². The molecule has 90 valence electrons. The Hall–Kier alpha value is -1.61. The van der Waals surface area contributed by atoms with Crippen molar-refractivity contribution in [3.63, 3.8) is 0 Å². The molecule has 0 N–H and O–H groups in total. The van der Waals surface area contributed by atoms with Crippen molar-refractivity contribution in [2.24, 2.45) is 0 Å². The van der Waals surface area contributed by atoms with E-state index < -0.39 is 0 Å². The van der Waals surface area contributed by atoms with Gasteiger partial charge < -0.3 is 0 Å². The molecular weight excluding hydrogens is 288 g/mol. The largest absolute Gasteiger partial charge is 0.233 e. The molecule has 3 aromatic rings. The topological polar surface area (TPSA) is 17.8 Å². The molecule has 3 rings (SSSR count). The number of halogens is 1. The summed E-state index contributed by atoms with van der Waals surface area (Å²) in [6.07, 6.45) is 0.948. The van der Waals surface area contributed by atoms with Crippen molar-refractivity contribution < 1.29 is 0 Å². The van der Waals surface area contributed by atoms with Crippen LogP contribution >= 0.6 is 15.9 Å². The number of fused-ring (bicyclic) bond motifs is 1. The van der Waals surface area contributed by atoms with E-state index in [1.807, 2.05) is 16.8 Å². The highest BCUT2D eigenvalue weighted by Crippen LogP contribution is 2.23. The lowest BCUT2D eigenvalue weighted by atomic mass is 10.2. The molecular formula is C15H13BrN2. The van der Waals surface area contributed by atoms with Gasteiger partial charge in [-0.05, 0) is 36.8 Å². The molecule has 0 aliphatic rings. The second-order valence-electron chi connectivity index (χ2n) is 4.21. The van der Waals surface area contributed by atoms with Crippen LogP contribution < -0.4 is 0 Å². The predicted molar refractivity (Wildman–Crippen MR) is 78.1 cm³/mol. The zero-order chi connectivity index (χ0) is 12.5. The molecule has 3 heteroatoms. The van der Waals surface area contributed by atoms with Gasteiger partial charge in [0.15, 0.2) is 0 Å². The van der Waals surface area contributed by atoms with E-state index in [0.717, 1.165) is 27.8 Å². The normalized spacial score (nSPS) is 11.0. The second kappa shape index (κ2) is 4.58. The fourth-order valence-corrected chi connectivity index (χ4v) is 2.44. The fourth-order valence-electron chi connectivity index (χ4n) is 2.17. The molecule has 0 aliphatic carbocycles. The Kier molecular flexibility index (Phi) is 2.92. The standard InChI is InChI=1S/C15H13BrN2/c1-2-14-13-5-3-4-6-15(13)18(17-14)12-9-7-11(16)8-10-12/h3-10H,2H2,1H3. The first-order valence-corrected chi connectivity index (χ1v) is 6.81. The summed E-state index contributed by atoms with van der Waals surface area (Å²) in [7, 11) is 0. The average Bonchev–Trinajstić information content (AvgIpc) is 2.79. The smallest absolute Gasteiger partial charge is 0.0744 e. The summed E-state index contributed by atoms with van der Waals surface area (Å²) >= 11 is 3.46. The number of aromatic nitrogens is 2. The number of benzene rings is 2. The molecule has 0 amide bonds. The first-order valence-electron chi connectivity index (χ1n) is 6.02. The van der Waals surface area contributed by atoms with Crippen molar-refractivity contribution >= 4 is 26.8 Å². The lowest BCUT2D eigenvalue weighted by Crippen LogP contribution is -1.96. The number of rotatable bonds is 2. The lowest BCUT2D eigenvalue weighted by Gasteiger charge is -2.03. The average molecular weight is 301 g/mol. The molecule has 1 heterocycles. The van der Waals surface area contributed by atoms with Crippen LogP contribution in [-0.4, -0.2) is 9.78 Å². The van der Waals surface area contributed by atoms with Gasteiger partial charge >= 0.3 is 0 Å². The molecule has 0 bridgehead atoms. The van der Waals surface area contributed by atoms with Gasteiger partial charge in [-0.2, -0.15) is 5.10 Å². The molecule has 18 heavy (non-hydrogen) atoms. The maximum atomic E-state index is 4.71. The molecule has 0 fully saturated rings. The summed E-state index contributed by atoms with van der Waals surface area (Å²) in [5.74, 6) is 0. The molecule has 0 radical (unpaired) electrons. The van der Waals surface area contributed by atoms with E-state index in [9.17, 15) is 0 Å². The van der Waals surface area contributed by atoms with Crippen LogP contribution in [0.1, 0.15) is 12.6 Å². The van der Waals surface area contributed by atoms with Gasteiger partial charge in [-0.1, -0.05) is 41.1 Å². The minimum atomic E-state index is 0.948. The fraction of sp³-hybridized carbons (Fsp3) is 0.133. The molecule has 0 aliphatic heterocycles. The second-order valence-corrected chi connectivity index (χ2v) is 5.12. The van der Waals surface area contributed by atoms with Gasteiger partial charge in [0.2, 0.25) is 0 Å². The Labute approximate surface area is 114 Å². The molecule has 2 aromatic carbocycles. The number of hydrogen-bond donors (Lipinski definition) is 0. The Morgan fingerprint density at radius 3 is 2.50 bits per heavy atom. The summed E-state index contributed by atoms with van der Waals surface area (Å²) < 4.78 is 3.10. The first kappa shape index (κ1) is 11.5. The SMILES string of the molecule is CCc1nn(-c2ccc(Br)cc2)c2ccccc12. The third kappa shape index (κ3) is 1.85. The lowest BCUT2D eigenvalue weighted by molar-refractivity contribution is 0.863. The molecule has 0 saturated heterocycles. The van der Waals surface area contributed by atoms with Gasteiger partial charge in [-0.3, -0.25) is 0 Å². The first-order chi connectivity index (χ1) is 8.79. The van der Waals surface area contributed by atoms with E-state index in [2.05, 4.69) is 59.3 Å². The van der Waals surface area contributed by atoms with Crippen LogP contribution in [0.5, 0.6) is 0 Å². The van der Waals surface area contributed by atoms with Crippen LogP contribution in [0.2, 0.25) is 0 Å². The van der Waals surface area contributed by atoms with Gasteiger partial charge in [0, 0.05) is 9.86 Å². The van der Waals surface area contributed by atoms with Crippen LogP contribution in [0.4, 0.5) is 0 Å². The Morgan fingerprint density at radius 1 is 1.06 bits per heavy atom. The van der Waals surface area contributed by atoms with Crippen molar-refractivity contribution in [1.29, 1.82) is 0 Å². The van der Waals surface area contributed by atoms with Gasteiger partial charge in [-0.25, -0.2) is 4.68 Å². The quantitative estimate of drug-likeness (QED) is 0.688. The van der Waals surface area contributed by atoms with E-state index in [0.29, 0.717) is 0 Å². The Balaban J connectivity index is 2.26. The maximum Gasteiger partial charge on any atom is 0.0744 e. The highest BCUT2D eigenvalue weighted by atomic mass is 79.9. The van der Waals surface area contributed by atoms with Gasteiger partial charge in [0.1, 0.15) is 0 Å². The van der Waals surface area contributed by atoms with Crippen LogP contribution in [0.15, 0.2) is 53.0 Å². The third-order valence-corrected chi connectivity index (χ3v) is 3.60. The third-order valence-electron chi connectivity index (χ3n) is 3.07. The molecule has 0 saturated carbocycles. The van der Waals surface area contributed by atoms with E-state index in [1.54, 1.807) is 0 Å². The predicted octanol–water partition coefficient (Wildman–Crippen LogP) is 4.35. The zero-order valence-electron chi connectivity index (χ0n) is 10.1. The van der Waals surface area contributed by atoms with Gasteiger partial charge in [0.25, 0.3) is 0 Å². The van der Waals surface area contributed by atoms with E-state index in [1.165, 1.54) is 5.39 Å². The molecule has 0 unspecified atom stereocenters. The highest BCUT2D eigenvalue weighted by Gasteiger charge is 2.09. The van der Waals surface area contributed by atoms with Crippen molar-refractivity contribution in [1.82, 2.24) is 9.78 Å². The minimum absolute atomic E-state index is 0.948. The zero-order valence-corrected chi connectivity index (χ0v) is 11.7. The Morgan fingerprint density at radius 2 is 1.78 bits per heavy atom. The van der Waals surface area contributed by atoms with Gasteiger partial charge in [0.05, 0.1) is 16.9 Å². The highest BCUT2D eigenvalue weighted by molar-refractivity contribution is 9.10. The van der Waals surface area contributed by atoms with Gasteiger partial charge in [-0.15, -0.1) is 0 Å². The van der Waals surface area contributed by atoms with Crippen LogP contribution in [-0.2, 0) is 6.42 Å². The van der Waals surface area contributed by atoms with E-state index in [-0.39, 0.29) is 0 Å². The summed E-state index contributed by atoms with van der Waals surface area (Å²) in [5, 5.41) is 5.95. The Bertz CT molecular complexity index is 683. The summed E-state index contributed by atoms with van der Waals surface area (Å²) in [6.45, 7) is 2.14. The summed E-state index contributed by atoms with van der Waals surface area (Å²) in [5.41, 5.74) is 3.40. The number of nitrogens with zero attached hydrogens (tertiary/aromatic N) is 2. The van der Waals surface area contributed by atoms with Crippen molar-refractivity contribution in [3.05, 3.63) is 58.7 Å². The monoisotopic (exact) mass is 300 g/mol. The van der Waals surface area contributed by atoms with Crippen LogP contribution in [0, 0.1) is 0 Å². The van der Waals surface area contributed by atoms with Crippen molar-refractivity contribution in [2.75, 3.05) is 0 Å². The molecule has 2 nitrogen and oxygen atoms in total. The summed E-state index contributed by atoms with van der Waals surface area (Å²) in [4.78, 5) is 0. The number of para-hydroxylation sites is 1. The van der Waals surface area contributed by atoms with E-state index >= 15 is 0 Å². The summed E-state index contributed by atoms with van der Waals surface area (Å²) in [6, 6.07) is 16.6. The maximum absolute atomic E-state index is 4.71. The molecule has 1 aromatic heterocycles. The molecule has 0 spiro atoms. The number of hydrogen-bond acceptors (Lipinski definition) is 1. The number of aryl methyl sites for hydroxylation is 1. The van der Waals surface area contributed by atoms with E-state index in [4.69, 9.17) is 5.10 Å². The molecule has 0 atom stereocenters. The van der Waals surface area contributed by atoms with Crippen LogP contribution in [0.3, 0.4) is 0 Å². The van der Waals surface area contributed by atoms with Crippen molar-refractivity contribution in [3.8, 4) is 5.69 Å². The minimum Gasteiger partial charge on any atom is -0.233 e.